The van der Waals surface area contributed by atoms with E-state index >= 15 is 0 Å². The van der Waals surface area contributed by atoms with Gasteiger partial charge >= 0.3 is 6.18 Å². The predicted molar refractivity (Wildman–Crippen MR) is 161 cm³/mol. The maximum absolute atomic E-state index is 13.8. The zero-order chi connectivity index (χ0) is 30.6. The number of likely N-dealkylation sites (N-methyl/N-ethyl adjacent to an activating group) is 1. The number of rotatable bonds is 8. The molecule has 1 amide bonds. The summed E-state index contributed by atoms with van der Waals surface area (Å²) in [5.74, 6) is 0.0510. The number of anilines is 2. The van der Waals surface area contributed by atoms with Crippen molar-refractivity contribution in [3.05, 3.63) is 70.9 Å². The number of aromatic nitrogens is 1. The number of benzene rings is 2. The van der Waals surface area contributed by atoms with Crippen molar-refractivity contribution in [3.8, 4) is 17.0 Å². The van der Waals surface area contributed by atoms with E-state index < -0.39 is 17.6 Å². The number of pyridine rings is 1. The number of carbonyl (C=O) groups excluding carboxylic acids is 1. The number of nitrogens with zero attached hydrogens (tertiary/aromatic N) is 4. The Hall–Kier alpha value is -3.67. The van der Waals surface area contributed by atoms with Crippen molar-refractivity contribution < 1.29 is 27.4 Å². The highest BCUT2D eigenvalue weighted by Gasteiger charge is 2.32. The summed E-state index contributed by atoms with van der Waals surface area (Å²) in [5.41, 5.74) is 3.58. The van der Waals surface area contributed by atoms with Gasteiger partial charge in [0.1, 0.15) is 5.69 Å². The van der Waals surface area contributed by atoms with Crippen LogP contribution in [0, 0.1) is 6.92 Å². The van der Waals surface area contributed by atoms with Gasteiger partial charge in [0, 0.05) is 68.8 Å². The molecule has 11 heteroatoms. The predicted octanol–water partition coefficient (Wildman–Crippen LogP) is 5.31. The Morgan fingerprint density at radius 1 is 1.02 bits per heavy atom. The average Bonchev–Trinajstić information content (AvgIpc) is 2.99. The van der Waals surface area contributed by atoms with Crippen LogP contribution in [-0.4, -0.2) is 86.8 Å². The minimum atomic E-state index is -4.53. The van der Waals surface area contributed by atoms with Crippen LogP contribution in [0.4, 0.5) is 24.5 Å². The number of aryl methyl sites for hydroxylation is 1. The van der Waals surface area contributed by atoms with E-state index in [1.54, 1.807) is 24.4 Å². The third-order valence-corrected chi connectivity index (χ3v) is 7.86. The van der Waals surface area contributed by atoms with E-state index in [1.807, 2.05) is 33.0 Å². The van der Waals surface area contributed by atoms with Crippen molar-refractivity contribution in [1.29, 1.82) is 0 Å². The first-order valence-electron chi connectivity index (χ1n) is 14.6. The van der Waals surface area contributed by atoms with Gasteiger partial charge in [-0.05, 0) is 74.0 Å². The quantitative estimate of drug-likeness (QED) is 0.378. The van der Waals surface area contributed by atoms with Crippen LogP contribution < -0.4 is 15.0 Å². The van der Waals surface area contributed by atoms with Crippen molar-refractivity contribution in [3.63, 3.8) is 0 Å². The van der Waals surface area contributed by atoms with E-state index in [-0.39, 0.29) is 5.69 Å². The normalized spacial score (nSPS) is 16.7. The fraction of sp³-hybridized carbons (Fsp3) is 0.438. The van der Waals surface area contributed by atoms with Crippen molar-refractivity contribution in [2.45, 2.75) is 26.6 Å². The Kier molecular flexibility index (Phi) is 9.53. The van der Waals surface area contributed by atoms with E-state index in [1.165, 1.54) is 6.07 Å². The molecule has 0 unspecified atom stereocenters. The van der Waals surface area contributed by atoms with Crippen LogP contribution in [-0.2, 0) is 17.5 Å². The Bertz CT molecular complexity index is 1430. The number of ether oxygens (including phenoxy) is 2. The molecule has 0 atom stereocenters. The fourth-order valence-corrected chi connectivity index (χ4v) is 5.43. The highest BCUT2D eigenvalue weighted by molar-refractivity contribution is 6.05. The summed E-state index contributed by atoms with van der Waals surface area (Å²) in [6.07, 6.45) is -2.82. The van der Waals surface area contributed by atoms with Gasteiger partial charge in [-0.2, -0.15) is 13.2 Å². The molecule has 3 aromatic rings. The molecular formula is C32H38F3N5O3. The van der Waals surface area contributed by atoms with E-state index in [9.17, 15) is 18.0 Å². The highest BCUT2D eigenvalue weighted by atomic mass is 19.4. The lowest BCUT2D eigenvalue weighted by atomic mass is 9.98. The van der Waals surface area contributed by atoms with Crippen LogP contribution >= 0.6 is 0 Å². The number of piperazine rings is 1. The number of hydrogen-bond acceptors (Lipinski definition) is 7. The molecule has 1 aromatic heterocycles. The molecule has 3 heterocycles. The van der Waals surface area contributed by atoms with Crippen LogP contribution in [0.5, 0.6) is 5.88 Å². The topological polar surface area (TPSA) is 70.2 Å². The molecule has 2 aliphatic heterocycles. The number of alkyl halides is 3. The van der Waals surface area contributed by atoms with Crippen LogP contribution in [0.15, 0.2) is 48.7 Å². The Morgan fingerprint density at radius 3 is 2.47 bits per heavy atom. The third kappa shape index (κ3) is 7.65. The van der Waals surface area contributed by atoms with Gasteiger partial charge in [-0.15, -0.1) is 0 Å². The number of morpholine rings is 1. The lowest BCUT2D eigenvalue weighted by Gasteiger charge is -2.32. The number of carbonyl (C=O) groups is 1. The van der Waals surface area contributed by atoms with Gasteiger partial charge in [-0.1, -0.05) is 6.07 Å². The lowest BCUT2D eigenvalue weighted by molar-refractivity contribution is -0.137. The molecule has 2 aromatic carbocycles. The molecule has 1 N–H and O–H groups in total. The molecule has 2 saturated heterocycles. The van der Waals surface area contributed by atoms with Gasteiger partial charge in [0.25, 0.3) is 5.91 Å². The van der Waals surface area contributed by atoms with E-state index in [0.717, 1.165) is 54.6 Å². The lowest BCUT2D eigenvalue weighted by Crippen LogP contribution is -2.43. The van der Waals surface area contributed by atoms with E-state index in [2.05, 4.69) is 25.0 Å². The van der Waals surface area contributed by atoms with Crippen molar-refractivity contribution in [2.24, 2.45) is 0 Å². The zero-order valence-corrected chi connectivity index (χ0v) is 24.8. The highest BCUT2D eigenvalue weighted by Crippen LogP contribution is 2.35. The number of hydrogen-bond donors (Lipinski definition) is 1. The summed E-state index contributed by atoms with van der Waals surface area (Å²) in [7, 11) is 2.03. The van der Waals surface area contributed by atoms with Crippen LogP contribution in [0.1, 0.15) is 34.0 Å². The summed E-state index contributed by atoms with van der Waals surface area (Å²) in [6.45, 7) is 10.6. The number of amides is 1. The number of halogens is 3. The molecule has 0 bridgehead atoms. The van der Waals surface area contributed by atoms with E-state index in [0.29, 0.717) is 56.5 Å². The maximum atomic E-state index is 13.8. The minimum absolute atomic E-state index is 0.114. The molecule has 5 rings (SSSR count). The molecule has 0 spiro atoms. The SMILES string of the molecule is CCOc1ncc(-c2cc(C(=O)Nc3cc(CN4CCN(C)CC4)cc(C(F)(F)F)c3)ccc2C)cc1N1CCOCC1. The summed E-state index contributed by atoms with van der Waals surface area (Å²) >= 11 is 0. The van der Waals surface area contributed by atoms with Crippen molar-refractivity contribution in [2.75, 3.05) is 76.4 Å². The van der Waals surface area contributed by atoms with Gasteiger partial charge < -0.3 is 24.6 Å². The first-order valence-corrected chi connectivity index (χ1v) is 14.6. The average molecular weight is 598 g/mol. The molecule has 0 saturated carbocycles. The van der Waals surface area contributed by atoms with E-state index in [4.69, 9.17) is 9.47 Å². The van der Waals surface area contributed by atoms with Crippen LogP contribution in [0.3, 0.4) is 0 Å². The summed E-state index contributed by atoms with van der Waals surface area (Å²) in [5, 5.41) is 2.72. The molecule has 2 aliphatic rings. The van der Waals surface area contributed by atoms with Gasteiger partial charge in [0.05, 0.1) is 25.4 Å². The summed E-state index contributed by atoms with van der Waals surface area (Å²) in [4.78, 5) is 24.5. The first-order chi connectivity index (χ1) is 20.6. The standard InChI is InChI=1S/C32H38F3N5O3/c1-4-43-31-29(40-11-13-42-14-12-40)18-25(20-36-31)28-17-24(6-5-22(28)2)30(41)37-27-16-23(15-26(19-27)32(33,34)35)21-39-9-7-38(3)8-10-39/h5-6,15-20H,4,7-14,21H2,1-3H3,(H,37,41). The number of nitrogens with one attached hydrogen (secondary N) is 1. The Balaban J connectivity index is 1.41. The molecule has 2 fully saturated rings. The minimum Gasteiger partial charge on any atom is -0.476 e. The van der Waals surface area contributed by atoms with Crippen LogP contribution in [0.25, 0.3) is 11.1 Å². The van der Waals surface area contributed by atoms with Gasteiger partial charge in [-0.25, -0.2) is 4.98 Å². The Labute approximate surface area is 250 Å². The summed E-state index contributed by atoms with van der Waals surface area (Å²) < 4.78 is 52.7. The molecule has 230 valence electrons. The molecular weight excluding hydrogens is 559 g/mol. The van der Waals surface area contributed by atoms with Crippen LogP contribution in [0.2, 0.25) is 0 Å². The molecule has 0 aliphatic carbocycles. The fourth-order valence-electron chi connectivity index (χ4n) is 5.43. The zero-order valence-electron chi connectivity index (χ0n) is 24.8. The van der Waals surface area contributed by atoms with Crippen molar-refractivity contribution in [1.82, 2.24) is 14.8 Å². The largest absolute Gasteiger partial charge is 0.476 e. The Morgan fingerprint density at radius 2 is 1.77 bits per heavy atom. The molecule has 8 nitrogen and oxygen atoms in total. The summed E-state index contributed by atoms with van der Waals surface area (Å²) in [6, 6.07) is 11.1. The monoisotopic (exact) mass is 597 g/mol. The third-order valence-electron chi connectivity index (χ3n) is 7.86. The van der Waals surface area contributed by atoms with Gasteiger partial charge in [0.15, 0.2) is 0 Å². The molecule has 43 heavy (non-hydrogen) atoms. The van der Waals surface area contributed by atoms with Gasteiger partial charge in [0.2, 0.25) is 5.88 Å². The smallest absolute Gasteiger partial charge is 0.416 e. The first kappa shape index (κ1) is 30.8. The second-order valence-electron chi connectivity index (χ2n) is 11.1. The van der Waals surface area contributed by atoms with Gasteiger partial charge in [-0.3, -0.25) is 9.69 Å². The molecule has 0 radical (unpaired) electrons. The van der Waals surface area contributed by atoms with Crippen molar-refractivity contribution >= 4 is 17.3 Å². The maximum Gasteiger partial charge on any atom is 0.416 e. The second kappa shape index (κ2) is 13.3. The second-order valence-corrected chi connectivity index (χ2v) is 11.1.